The van der Waals surface area contributed by atoms with E-state index in [1.54, 1.807) is 41.5 Å². The predicted octanol–water partition coefficient (Wildman–Crippen LogP) is 0.731. The van der Waals surface area contributed by atoms with Crippen molar-refractivity contribution < 1.29 is 33.4 Å². The molecule has 0 saturated heterocycles. The van der Waals surface area contributed by atoms with Crippen molar-refractivity contribution in [2.75, 3.05) is 36.5 Å². The van der Waals surface area contributed by atoms with E-state index in [0.29, 0.717) is 0 Å². The molecule has 0 aliphatic rings. The largest absolute Gasteiger partial charge is 0.458 e. The van der Waals surface area contributed by atoms with Gasteiger partial charge in [-0.1, -0.05) is 0 Å². The molecule has 0 radical (unpaired) electrons. The van der Waals surface area contributed by atoms with Crippen LogP contribution in [-0.4, -0.2) is 70.1 Å². The summed E-state index contributed by atoms with van der Waals surface area (Å²) in [4.78, 5) is 52.3. The van der Waals surface area contributed by atoms with Crippen molar-refractivity contribution in [2.24, 2.45) is 0 Å². The molecule has 1 rings (SSSR count). The number of nitrogen functional groups attached to an aromatic ring is 2. The number of nitrogens with two attached hydrogens (primary N) is 2. The lowest BCUT2D eigenvalue weighted by molar-refractivity contribution is -0.153. The van der Waals surface area contributed by atoms with E-state index in [1.807, 2.05) is 0 Å². The Labute approximate surface area is 197 Å². The van der Waals surface area contributed by atoms with Crippen LogP contribution in [0.25, 0.3) is 0 Å². The highest BCUT2D eigenvalue weighted by Crippen LogP contribution is 2.08. The van der Waals surface area contributed by atoms with Gasteiger partial charge in [-0.25, -0.2) is 9.59 Å². The maximum Gasteiger partial charge on any atom is 0.431 e. The monoisotopic (exact) mass is 486 g/mol. The number of nitrogens with zero attached hydrogens (tertiary/aromatic N) is 3. The van der Waals surface area contributed by atoms with Crippen LogP contribution >= 0.6 is 0 Å². The van der Waals surface area contributed by atoms with Crippen LogP contribution < -0.4 is 27.6 Å². The fraction of sp³-hybridized carbons (Fsp3) is 0.684. The molecule has 1 unspecified atom stereocenters. The second-order valence-corrected chi connectivity index (χ2v) is 8.96. The number of aromatic nitrogens is 3. The smallest absolute Gasteiger partial charge is 0.431 e. The molecule has 15 nitrogen and oxygen atoms in total. The van der Waals surface area contributed by atoms with Gasteiger partial charge in [-0.3, -0.25) is 9.63 Å². The normalized spacial score (nSPS) is 12.3. The first kappa shape index (κ1) is 28.4. The molecule has 0 spiro atoms. The minimum absolute atomic E-state index is 0.0690. The summed E-state index contributed by atoms with van der Waals surface area (Å²) in [7, 11) is 0. The summed E-state index contributed by atoms with van der Waals surface area (Å²) >= 11 is 0. The zero-order valence-corrected chi connectivity index (χ0v) is 20.3. The topological polar surface area (TPSA) is 215 Å². The van der Waals surface area contributed by atoms with Crippen LogP contribution in [0.5, 0.6) is 0 Å². The molecule has 0 fully saturated rings. The van der Waals surface area contributed by atoms with E-state index in [0.717, 1.165) is 0 Å². The maximum atomic E-state index is 12.3. The molecule has 1 heterocycles. The predicted molar refractivity (Wildman–Crippen MR) is 121 cm³/mol. The standard InChI is InChI=1S/C19H34N8O7/c1-18(2,3)33-16(29)23-9-11(10-31-27-17(30)34-19(4,5)6)32-12(28)7-8-22-15-25-13(20)24-14(21)26-15/h11H,7-10H2,1-6H3,(H,23,29)(H,27,30)(H5,20,21,22,24,25,26). The van der Waals surface area contributed by atoms with Gasteiger partial charge in [-0.15, -0.1) is 0 Å². The first-order chi connectivity index (χ1) is 15.6. The number of anilines is 3. The van der Waals surface area contributed by atoms with Gasteiger partial charge < -0.3 is 36.3 Å². The third kappa shape index (κ3) is 13.7. The van der Waals surface area contributed by atoms with Crippen LogP contribution in [0.1, 0.15) is 48.0 Å². The van der Waals surface area contributed by atoms with Crippen LogP contribution in [0.15, 0.2) is 0 Å². The molecule has 192 valence electrons. The Balaban J connectivity index is 2.58. The number of ether oxygens (including phenoxy) is 3. The summed E-state index contributed by atoms with van der Waals surface area (Å²) in [5.41, 5.74) is 11.6. The molecule has 15 heteroatoms. The van der Waals surface area contributed by atoms with Gasteiger partial charge in [0, 0.05) is 6.54 Å². The van der Waals surface area contributed by atoms with E-state index < -0.39 is 35.5 Å². The molecule has 2 amide bonds. The van der Waals surface area contributed by atoms with Crippen LogP contribution in [-0.2, 0) is 23.8 Å². The molecule has 7 N–H and O–H groups in total. The molecule has 1 aromatic heterocycles. The molecule has 34 heavy (non-hydrogen) atoms. The fourth-order valence-corrected chi connectivity index (χ4v) is 2.15. The summed E-state index contributed by atoms with van der Waals surface area (Å²) in [6.45, 7) is 9.89. The Kier molecular flexibility index (Phi) is 10.5. The third-order valence-corrected chi connectivity index (χ3v) is 3.28. The lowest BCUT2D eigenvalue weighted by Crippen LogP contribution is -2.42. The van der Waals surface area contributed by atoms with E-state index in [2.05, 4.69) is 31.1 Å². The lowest BCUT2D eigenvalue weighted by atomic mass is 10.2. The van der Waals surface area contributed by atoms with E-state index in [1.165, 1.54) is 0 Å². The average Bonchev–Trinajstić information content (AvgIpc) is 2.62. The number of hydroxylamine groups is 1. The second-order valence-electron chi connectivity index (χ2n) is 8.96. The van der Waals surface area contributed by atoms with Crippen molar-refractivity contribution in [3.05, 3.63) is 0 Å². The van der Waals surface area contributed by atoms with Gasteiger partial charge >= 0.3 is 18.2 Å². The third-order valence-electron chi connectivity index (χ3n) is 3.28. The molecule has 0 aromatic carbocycles. The molecular formula is C19H34N8O7. The molecule has 0 bridgehead atoms. The van der Waals surface area contributed by atoms with Gasteiger partial charge in [-0.05, 0) is 41.5 Å². The molecular weight excluding hydrogens is 452 g/mol. The van der Waals surface area contributed by atoms with E-state index >= 15 is 0 Å². The number of rotatable bonds is 10. The van der Waals surface area contributed by atoms with E-state index in [9.17, 15) is 14.4 Å². The van der Waals surface area contributed by atoms with Crippen molar-refractivity contribution in [2.45, 2.75) is 65.3 Å². The molecule has 1 aromatic rings. The summed E-state index contributed by atoms with van der Waals surface area (Å²) in [5, 5.41) is 5.25. The number of carbonyl (C=O) groups excluding carboxylic acids is 3. The maximum absolute atomic E-state index is 12.3. The SMILES string of the molecule is CC(C)(C)OC(=O)NCC(CONC(=O)OC(C)(C)C)OC(=O)CCNc1nc(N)nc(N)n1. The van der Waals surface area contributed by atoms with Crippen molar-refractivity contribution in [3.8, 4) is 0 Å². The minimum atomic E-state index is -0.946. The summed E-state index contributed by atoms with van der Waals surface area (Å²) < 4.78 is 15.5. The number of amides is 2. The van der Waals surface area contributed by atoms with Gasteiger partial charge in [0.15, 0.2) is 0 Å². The summed E-state index contributed by atoms with van der Waals surface area (Å²) in [6, 6.07) is 0. The first-order valence-electron chi connectivity index (χ1n) is 10.4. The van der Waals surface area contributed by atoms with E-state index in [4.69, 9.17) is 30.5 Å². The number of alkyl carbamates (subject to hydrolysis) is 1. The number of hydrogen-bond donors (Lipinski definition) is 5. The number of carbonyl (C=O) groups is 3. The van der Waals surface area contributed by atoms with Gasteiger partial charge in [0.25, 0.3) is 0 Å². The summed E-state index contributed by atoms with van der Waals surface area (Å²) in [5.74, 6) is -0.661. The Hall–Kier alpha value is -3.62. The highest BCUT2D eigenvalue weighted by molar-refractivity contribution is 5.70. The Morgan fingerprint density at radius 3 is 2.03 bits per heavy atom. The zero-order valence-electron chi connectivity index (χ0n) is 20.3. The summed E-state index contributed by atoms with van der Waals surface area (Å²) in [6.07, 6.45) is -2.56. The average molecular weight is 487 g/mol. The highest BCUT2D eigenvalue weighted by Gasteiger charge is 2.21. The van der Waals surface area contributed by atoms with Crippen molar-refractivity contribution >= 4 is 36.0 Å². The molecule has 0 aliphatic heterocycles. The molecule has 1 atom stereocenters. The van der Waals surface area contributed by atoms with Crippen LogP contribution in [0, 0.1) is 0 Å². The Morgan fingerprint density at radius 2 is 1.47 bits per heavy atom. The Bertz CT molecular complexity index is 819. The lowest BCUT2D eigenvalue weighted by Gasteiger charge is -2.23. The highest BCUT2D eigenvalue weighted by atomic mass is 16.7. The van der Waals surface area contributed by atoms with Crippen LogP contribution in [0.2, 0.25) is 0 Å². The van der Waals surface area contributed by atoms with Crippen molar-refractivity contribution in [1.82, 2.24) is 25.7 Å². The number of esters is 1. The first-order valence-corrected chi connectivity index (χ1v) is 10.4. The zero-order chi connectivity index (χ0) is 25.9. The minimum Gasteiger partial charge on any atom is -0.458 e. The number of nitrogens with one attached hydrogen (secondary N) is 3. The van der Waals surface area contributed by atoms with Gasteiger partial charge in [0.2, 0.25) is 17.8 Å². The van der Waals surface area contributed by atoms with Crippen LogP contribution in [0.3, 0.4) is 0 Å². The quantitative estimate of drug-likeness (QED) is 0.175. The van der Waals surface area contributed by atoms with Crippen molar-refractivity contribution in [1.29, 1.82) is 0 Å². The molecule has 0 saturated carbocycles. The Morgan fingerprint density at radius 1 is 0.912 bits per heavy atom. The number of hydrogen-bond acceptors (Lipinski definition) is 13. The van der Waals surface area contributed by atoms with Gasteiger partial charge in [0.05, 0.1) is 13.0 Å². The molecule has 0 aliphatic carbocycles. The second kappa shape index (κ2) is 12.6. The van der Waals surface area contributed by atoms with Gasteiger partial charge in [0.1, 0.15) is 23.9 Å². The van der Waals surface area contributed by atoms with Crippen molar-refractivity contribution in [3.63, 3.8) is 0 Å². The van der Waals surface area contributed by atoms with Crippen LogP contribution in [0.4, 0.5) is 27.4 Å². The van der Waals surface area contributed by atoms with E-state index in [-0.39, 0.29) is 44.0 Å². The van der Waals surface area contributed by atoms with Gasteiger partial charge in [-0.2, -0.15) is 20.4 Å². The fourth-order valence-electron chi connectivity index (χ4n) is 2.15.